The number of anilines is 2. The highest BCUT2D eigenvalue weighted by molar-refractivity contribution is 6.04. The fraction of sp³-hybridized carbons (Fsp3) is 0.321. The van der Waals surface area contributed by atoms with Gasteiger partial charge in [-0.25, -0.2) is 15.0 Å². The van der Waals surface area contributed by atoms with E-state index in [0.717, 1.165) is 41.9 Å². The molecule has 8 nitrogen and oxygen atoms in total. The van der Waals surface area contributed by atoms with Crippen molar-refractivity contribution in [2.45, 2.75) is 38.5 Å². The number of hydrogen-bond acceptors (Lipinski definition) is 6. The van der Waals surface area contributed by atoms with E-state index in [0.29, 0.717) is 41.2 Å². The maximum absolute atomic E-state index is 12.7. The van der Waals surface area contributed by atoms with E-state index in [1.807, 2.05) is 31.3 Å². The number of carbonyl (C=O) groups is 2. The van der Waals surface area contributed by atoms with Crippen LogP contribution < -0.4 is 11.1 Å². The highest BCUT2D eigenvalue weighted by atomic mass is 16.1. The number of nitrogens with two attached hydrogens (primary N) is 1. The summed E-state index contributed by atoms with van der Waals surface area (Å²) in [6.45, 7) is 1.96. The van der Waals surface area contributed by atoms with Gasteiger partial charge in [0, 0.05) is 48.0 Å². The molecule has 2 fully saturated rings. The monoisotopic (exact) mass is 480 g/mol. The summed E-state index contributed by atoms with van der Waals surface area (Å²) < 4.78 is 2.05. The van der Waals surface area contributed by atoms with Gasteiger partial charge in [0.15, 0.2) is 0 Å². The van der Waals surface area contributed by atoms with Crippen LogP contribution in [0.2, 0.25) is 0 Å². The smallest absolute Gasteiger partial charge is 0.256 e. The quantitative estimate of drug-likeness (QED) is 0.412. The molecule has 3 aromatic heterocycles. The van der Waals surface area contributed by atoms with Crippen LogP contribution in [0, 0.1) is 17.8 Å². The second-order valence-corrected chi connectivity index (χ2v) is 9.79. The van der Waals surface area contributed by atoms with E-state index in [1.165, 1.54) is 0 Å². The van der Waals surface area contributed by atoms with Crippen molar-refractivity contribution in [2.24, 2.45) is 17.8 Å². The van der Waals surface area contributed by atoms with E-state index in [1.54, 1.807) is 36.7 Å². The Balaban J connectivity index is 1.34. The predicted molar refractivity (Wildman–Crippen MR) is 137 cm³/mol. The first-order chi connectivity index (χ1) is 17.5. The summed E-state index contributed by atoms with van der Waals surface area (Å²) in [5.74, 6) is 3.15. The van der Waals surface area contributed by atoms with E-state index >= 15 is 0 Å². The number of nitrogen functional groups attached to an aromatic ring is 1. The Kier molecular flexibility index (Phi) is 5.51. The lowest BCUT2D eigenvalue weighted by Crippen LogP contribution is -2.20. The zero-order valence-electron chi connectivity index (χ0n) is 20.1. The third kappa shape index (κ3) is 3.64. The number of benzene rings is 1. The number of amides is 1. The molecule has 1 amide bonds. The van der Waals surface area contributed by atoms with E-state index in [-0.39, 0.29) is 17.7 Å². The second kappa shape index (κ2) is 8.86. The molecule has 4 unspecified atom stereocenters. The average molecular weight is 481 g/mol. The summed E-state index contributed by atoms with van der Waals surface area (Å²) >= 11 is 0. The molecule has 182 valence electrons. The molecule has 2 bridgehead atoms. The van der Waals surface area contributed by atoms with Gasteiger partial charge in [0.1, 0.15) is 34.5 Å². The lowest BCUT2D eigenvalue weighted by atomic mass is 9.86. The minimum atomic E-state index is -0.231. The van der Waals surface area contributed by atoms with Crippen LogP contribution in [0.15, 0.2) is 61.1 Å². The maximum atomic E-state index is 12.7. The molecule has 6 rings (SSSR count). The van der Waals surface area contributed by atoms with Crippen molar-refractivity contribution in [3.8, 4) is 11.3 Å². The lowest BCUT2D eigenvalue weighted by molar-refractivity contribution is -0.123. The highest BCUT2D eigenvalue weighted by Gasteiger charge is 2.52. The molecule has 3 heterocycles. The number of rotatable bonds is 6. The van der Waals surface area contributed by atoms with E-state index < -0.39 is 0 Å². The van der Waals surface area contributed by atoms with Crippen molar-refractivity contribution in [3.05, 3.63) is 72.4 Å². The number of pyridine rings is 1. The number of imidazole rings is 1. The molecule has 4 atom stereocenters. The first kappa shape index (κ1) is 22.4. The van der Waals surface area contributed by atoms with Crippen LogP contribution in [-0.4, -0.2) is 31.0 Å². The number of aromatic nitrogens is 4. The zero-order valence-corrected chi connectivity index (χ0v) is 20.1. The van der Waals surface area contributed by atoms with Crippen LogP contribution in [-0.2, 0) is 4.79 Å². The first-order valence-corrected chi connectivity index (χ1v) is 12.5. The molecular weight excluding hydrogens is 452 g/mol. The minimum absolute atomic E-state index is 0.145. The van der Waals surface area contributed by atoms with Crippen LogP contribution in [0.25, 0.3) is 16.8 Å². The number of Topliss-reactive ketones (excluding diaryl/α,β-unsaturated/α-hetero) is 1. The molecule has 4 aromatic rings. The van der Waals surface area contributed by atoms with Gasteiger partial charge in [-0.1, -0.05) is 25.1 Å². The summed E-state index contributed by atoms with van der Waals surface area (Å²) in [4.78, 5) is 38.9. The fourth-order valence-electron chi connectivity index (χ4n) is 6.32. The SMILES string of the molecule is CCC(=O)C1C2CCC1C(c1nc(-c3ccc(C(=O)Nc4ccccn4)cc3)c3c(N)nccn13)C2. The molecule has 2 saturated carbocycles. The first-order valence-electron chi connectivity index (χ1n) is 12.5. The van der Waals surface area contributed by atoms with E-state index in [4.69, 9.17) is 10.7 Å². The van der Waals surface area contributed by atoms with Gasteiger partial charge in [-0.05, 0) is 55.4 Å². The summed E-state index contributed by atoms with van der Waals surface area (Å²) in [5.41, 5.74) is 9.23. The number of nitrogens with zero attached hydrogens (tertiary/aromatic N) is 4. The van der Waals surface area contributed by atoms with Crippen LogP contribution in [0.4, 0.5) is 11.6 Å². The Hall–Kier alpha value is -4.07. The van der Waals surface area contributed by atoms with Crippen LogP contribution >= 0.6 is 0 Å². The Bertz CT molecular complexity index is 1450. The van der Waals surface area contributed by atoms with E-state index in [2.05, 4.69) is 19.7 Å². The Morgan fingerprint density at radius 1 is 1.08 bits per heavy atom. The molecule has 1 aromatic carbocycles. The minimum Gasteiger partial charge on any atom is -0.382 e. The lowest BCUT2D eigenvalue weighted by Gasteiger charge is -2.21. The molecule has 8 heteroatoms. The van der Waals surface area contributed by atoms with Gasteiger partial charge in [-0.3, -0.25) is 14.0 Å². The van der Waals surface area contributed by atoms with Crippen molar-refractivity contribution in [3.63, 3.8) is 0 Å². The molecule has 0 saturated heterocycles. The number of carbonyl (C=O) groups excluding carboxylic acids is 2. The summed E-state index contributed by atoms with van der Waals surface area (Å²) in [5, 5.41) is 2.80. The van der Waals surface area contributed by atoms with E-state index in [9.17, 15) is 9.59 Å². The normalized spacial score (nSPS) is 22.7. The molecule has 2 aliphatic carbocycles. The molecule has 0 spiro atoms. The summed E-state index contributed by atoms with van der Waals surface area (Å²) in [6, 6.07) is 12.7. The Morgan fingerprint density at radius 2 is 1.92 bits per heavy atom. The number of ketones is 1. The van der Waals surface area contributed by atoms with Crippen molar-refractivity contribution < 1.29 is 9.59 Å². The second-order valence-electron chi connectivity index (χ2n) is 9.79. The van der Waals surface area contributed by atoms with Gasteiger partial charge >= 0.3 is 0 Å². The zero-order chi connectivity index (χ0) is 24.8. The van der Waals surface area contributed by atoms with Gasteiger partial charge in [0.05, 0.1) is 0 Å². The Labute approximate surface area is 209 Å². The Morgan fingerprint density at radius 3 is 2.67 bits per heavy atom. The number of fused-ring (bicyclic) bond motifs is 3. The molecule has 36 heavy (non-hydrogen) atoms. The third-order valence-electron chi connectivity index (χ3n) is 7.90. The van der Waals surface area contributed by atoms with Crippen molar-refractivity contribution >= 4 is 28.8 Å². The molecular formula is C28H28N6O2. The van der Waals surface area contributed by atoms with Crippen LogP contribution in [0.1, 0.15) is 54.7 Å². The van der Waals surface area contributed by atoms with Gasteiger partial charge in [-0.15, -0.1) is 0 Å². The van der Waals surface area contributed by atoms with Gasteiger partial charge < -0.3 is 11.1 Å². The predicted octanol–water partition coefficient (Wildman–Crippen LogP) is 4.73. The third-order valence-corrected chi connectivity index (χ3v) is 7.90. The fourth-order valence-corrected chi connectivity index (χ4v) is 6.32. The molecule has 0 radical (unpaired) electrons. The summed E-state index contributed by atoms with van der Waals surface area (Å²) in [6.07, 6.45) is 9.01. The van der Waals surface area contributed by atoms with Crippen molar-refractivity contribution in [2.75, 3.05) is 11.1 Å². The summed E-state index contributed by atoms with van der Waals surface area (Å²) in [7, 11) is 0. The van der Waals surface area contributed by atoms with Gasteiger partial charge in [-0.2, -0.15) is 0 Å². The number of nitrogens with one attached hydrogen (secondary N) is 1. The van der Waals surface area contributed by atoms with Crippen LogP contribution in [0.5, 0.6) is 0 Å². The highest BCUT2D eigenvalue weighted by Crippen LogP contribution is 2.57. The average Bonchev–Trinajstić information content (AvgIpc) is 3.60. The molecule has 2 aliphatic rings. The standard InChI is InChI=1S/C28H28N6O2/c1-2-21(35)23-18-10-11-19(23)20(15-18)27-33-24(25-26(29)31-13-14-34(25)27)16-6-8-17(9-7-16)28(36)32-22-5-3-4-12-30-22/h3-9,12-14,18-20,23H,2,10-11,15H2,1H3,(H2,29,31)(H,30,32,36). The van der Waals surface area contributed by atoms with Gasteiger partial charge in [0.2, 0.25) is 0 Å². The largest absolute Gasteiger partial charge is 0.382 e. The van der Waals surface area contributed by atoms with Crippen molar-refractivity contribution in [1.29, 1.82) is 0 Å². The molecule has 0 aliphatic heterocycles. The topological polar surface area (TPSA) is 115 Å². The number of hydrogen-bond donors (Lipinski definition) is 2. The van der Waals surface area contributed by atoms with Crippen LogP contribution in [0.3, 0.4) is 0 Å². The molecule has 3 N–H and O–H groups in total. The maximum Gasteiger partial charge on any atom is 0.256 e. The van der Waals surface area contributed by atoms with Gasteiger partial charge in [0.25, 0.3) is 5.91 Å². The van der Waals surface area contributed by atoms with Crippen molar-refractivity contribution in [1.82, 2.24) is 19.4 Å².